The number of hydrogen-bond donors (Lipinski definition) is 1. The third-order valence-electron chi connectivity index (χ3n) is 5.88. The second kappa shape index (κ2) is 13.8. The van der Waals surface area contributed by atoms with E-state index in [9.17, 15) is 4.79 Å². The molecule has 11 heteroatoms. The van der Waals surface area contributed by atoms with Gasteiger partial charge in [-0.15, -0.1) is 15.0 Å². The van der Waals surface area contributed by atoms with Crippen molar-refractivity contribution in [1.29, 1.82) is 0 Å². The van der Waals surface area contributed by atoms with Crippen LogP contribution in [0.5, 0.6) is 11.5 Å². The van der Waals surface area contributed by atoms with Crippen molar-refractivity contribution in [1.82, 2.24) is 30.5 Å². The van der Waals surface area contributed by atoms with E-state index in [1.807, 2.05) is 43.3 Å². The van der Waals surface area contributed by atoms with Crippen LogP contribution >= 0.6 is 0 Å². The second-order valence-electron chi connectivity index (χ2n) is 10.5. The maximum absolute atomic E-state index is 12.2. The minimum Gasteiger partial charge on any atom is -0.488 e. The van der Waals surface area contributed by atoms with Gasteiger partial charge in [0.2, 0.25) is 5.82 Å². The predicted octanol–water partition coefficient (Wildman–Crippen LogP) is 5.79. The number of amides is 1. The molecule has 2 aromatic heterocycles. The second-order valence-corrected chi connectivity index (χ2v) is 16.2. The number of carbonyl (C=O) groups excluding carboxylic acids is 1. The first kappa shape index (κ1) is 28.9. The Kier molecular flexibility index (Phi) is 9.98. The highest BCUT2D eigenvalue weighted by atomic mass is 28.3. The summed E-state index contributed by atoms with van der Waals surface area (Å²) in [5.74, 6) is 1.44. The van der Waals surface area contributed by atoms with Gasteiger partial charge in [0.15, 0.2) is 6.73 Å². The molecule has 10 nitrogen and oxygen atoms in total. The maximum atomic E-state index is 12.2. The van der Waals surface area contributed by atoms with Gasteiger partial charge in [-0.2, -0.15) is 0 Å². The number of carbonyl (C=O) groups is 1. The van der Waals surface area contributed by atoms with E-state index in [0.717, 1.165) is 23.6 Å². The molecule has 0 unspecified atom stereocenters. The Bertz CT molecular complexity index is 1390. The van der Waals surface area contributed by atoms with Gasteiger partial charge in [-0.05, 0) is 47.5 Å². The molecule has 4 rings (SSSR count). The fourth-order valence-electron chi connectivity index (χ4n) is 3.68. The van der Waals surface area contributed by atoms with Crippen LogP contribution in [0, 0.1) is 0 Å². The van der Waals surface area contributed by atoms with Gasteiger partial charge in [-0.25, -0.2) is 4.79 Å². The molecular formula is C29H36N6O4Si. The Morgan fingerprint density at radius 2 is 1.82 bits per heavy atom. The normalized spacial score (nSPS) is 11.3. The van der Waals surface area contributed by atoms with E-state index >= 15 is 0 Å². The first-order valence-electron chi connectivity index (χ1n) is 13.4. The quantitative estimate of drug-likeness (QED) is 0.161. The zero-order valence-electron chi connectivity index (χ0n) is 23.5. The molecule has 0 fully saturated rings. The molecule has 4 aromatic rings. The molecule has 0 saturated heterocycles. The van der Waals surface area contributed by atoms with Crippen molar-refractivity contribution < 1.29 is 19.0 Å². The summed E-state index contributed by atoms with van der Waals surface area (Å²) in [5.41, 5.74) is 3.19. The average molecular weight is 561 g/mol. The van der Waals surface area contributed by atoms with E-state index in [1.165, 1.54) is 4.80 Å². The van der Waals surface area contributed by atoms with E-state index in [-0.39, 0.29) is 6.73 Å². The highest BCUT2D eigenvalue weighted by molar-refractivity contribution is 6.76. The molecule has 0 aliphatic heterocycles. The van der Waals surface area contributed by atoms with Crippen LogP contribution in [0.2, 0.25) is 25.7 Å². The number of tetrazole rings is 1. The predicted molar refractivity (Wildman–Crippen MR) is 156 cm³/mol. The SMILES string of the molecule is CCCNC(=O)Oc1ccc(OCc2ccccc2)c(-c2cncc(-c3nnn(COCC[Si](C)(C)C)n3)c2)c1. The summed E-state index contributed by atoms with van der Waals surface area (Å²) >= 11 is 0. The maximum Gasteiger partial charge on any atom is 0.412 e. The number of aromatic nitrogens is 5. The van der Waals surface area contributed by atoms with E-state index in [0.29, 0.717) is 48.2 Å². The van der Waals surface area contributed by atoms with Gasteiger partial charge < -0.3 is 19.5 Å². The van der Waals surface area contributed by atoms with Gasteiger partial charge in [0.25, 0.3) is 0 Å². The molecule has 210 valence electrons. The zero-order valence-corrected chi connectivity index (χ0v) is 24.5. The molecule has 1 amide bonds. The zero-order chi connectivity index (χ0) is 28.4. The Labute approximate surface area is 235 Å². The van der Waals surface area contributed by atoms with Gasteiger partial charge in [-0.1, -0.05) is 56.9 Å². The molecule has 0 spiro atoms. The van der Waals surface area contributed by atoms with Crippen molar-refractivity contribution in [3.8, 4) is 34.0 Å². The molecule has 0 aliphatic rings. The van der Waals surface area contributed by atoms with Crippen LogP contribution in [-0.4, -0.2) is 52.5 Å². The number of ether oxygens (including phenoxy) is 3. The Morgan fingerprint density at radius 1 is 1.02 bits per heavy atom. The standard InChI is InChI=1S/C29H36N6O4Si/c1-5-13-31-29(36)39-25-11-12-27(38-20-22-9-7-6-8-10-22)26(17-25)23-16-24(19-30-18-23)28-32-34-35(33-28)21-37-14-15-40(2,3)4/h6-12,16-19H,5,13-15,20-21H2,1-4H3,(H,31,36). The minimum atomic E-state index is -1.17. The first-order valence-corrected chi connectivity index (χ1v) is 17.1. The van der Waals surface area contributed by atoms with Gasteiger partial charge in [-0.3, -0.25) is 4.98 Å². The topological polar surface area (TPSA) is 113 Å². The third-order valence-corrected chi connectivity index (χ3v) is 7.59. The third kappa shape index (κ3) is 8.72. The smallest absolute Gasteiger partial charge is 0.412 e. The number of pyridine rings is 1. The summed E-state index contributed by atoms with van der Waals surface area (Å²) in [6.07, 6.45) is 3.71. The summed E-state index contributed by atoms with van der Waals surface area (Å²) < 4.78 is 17.4. The van der Waals surface area contributed by atoms with Crippen molar-refractivity contribution in [2.45, 2.75) is 52.4 Å². The van der Waals surface area contributed by atoms with Gasteiger partial charge in [0.1, 0.15) is 18.1 Å². The monoisotopic (exact) mass is 560 g/mol. The summed E-state index contributed by atoms with van der Waals surface area (Å²) in [6, 6.07) is 18.1. The Hall–Kier alpha value is -4.09. The molecule has 2 aromatic carbocycles. The fraction of sp³-hybridized carbons (Fsp3) is 0.345. The number of hydrogen-bond acceptors (Lipinski definition) is 8. The lowest BCUT2D eigenvalue weighted by molar-refractivity contribution is 0.0674. The van der Waals surface area contributed by atoms with Crippen molar-refractivity contribution in [2.24, 2.45) is 0 Å². The van der Waals surface area contributed by atoms with Crippen LogP contribution in [0.1, 0.15) is 18.9 Å². The van der Waals surface area contributed by atoms with Gasteiger partial charge >= 0.3 is 6.09 Å². The molecule has 1 N–H and O–H groups in total. The summed E-state index contributed by atoms with van der Waals surface area (Å²) in [6.45, 7) is 10.7. The average Bonchev–Trinajstić information content (AvgIpc) is 3.43. The molecule has 0 saturated carbocycles. The van der Waals surface area contributed by atoms with Gasteiger partial charge in [0, 0.05) is 50.3 Å². The van der Waals surface area contributed by atoms with Crippen LogP contribution in [0.4, 0.5) is 4.79 Å². The van der Waals surface area contributed by atoms with E-state index in [1.54, 1.807) is 30.6 Å². The fourth-order valence-corrected chi connectivity index (χ4v) is 4.43. The number of nitrogens with zero attached hydrogens (tertiary/aromatic N) is 5. The lowest BCUT2D eigenvalue weighted by Gasteiger charge is -2.14. The number of nitrogens with one attached hydrogen (secondary N) is 1. The lowest BCUT2D eigenvalue weighted by Crippen LogP contribution is -2.27. The molecule has 40 heavy (non-hydrogen) atoms. The highest BCUT2D eigenvalue weighted by Crippen LogP contribution is 2.35. The molecule has 0 atom stereocenters. The van der Waals surface area contributed by atoms with Crippen molar-refractivity contribution in [3.63, 3.8) is 0 Å². The van der Waals surface area contributed by atoms with Crippen LogP contribution < -0.4 is 14.8 Å². The van der Waals surface area contributed by atoms with E-state index < -0.39 is 14.2 Å². The molecule has 0 bridgehead atoms. The molecule has 0 radical (unpaired) electrons. The van der Waals surface area contributed by atoms with Crippen molar-refractivity contribution in [2.75, 3.05) is 13.2 Å². The summed E-state index contributed by atoms with van der Waals surface area (Å²) in [5, 5.41) is 15.5. The molecular weight excluding hydrogens is 524 g/mol. The Morgan fingerprint density at radius 3 is 2.60 bits per heavy atom. The number of benzene rings is 2. The van der Waals surface area contributed by atoms with Crippen LogP contribution in [0.15, 0.2) is 67.0 Å². The largest absolute Gasteiger partial charge is 0.488 e. The summed E-state index contributed by atoms with van der Waals surface area (Å²) in [4.78, 5) is 18.0. The van der Waals surface area contributed by atoms with E-state index in [2.05, 4.69) is 45.4 Å². The Balaban J connectivity index is 1.55. The van der Waals surface area contributed by atoms with Crippen LogP contribution in [0.25, 0.3) is 22.5 Å². The lowest BCUT2D eigenvalue weighted by atomic mass is 10.0. The van der Waals surface area contributed by atoms with Crippen LogP contribution in [-0.2, 0) is 18.1 Å². The van der Waals surface area contributed by atoms with Crippen LogP contribution in [0.3, 0.4) is 0 Å². The summed E-state index contributed by atoms with van der Waals surface area (Å²) in [7, 11) is -1.17. The van der Waals surface area contributed by atoms with E-state index in [4.69, 9.17) is 14.2 Å². The van der Waals surface area contributed by atoms with Crippen molar-refractivity contribution in [3.05, 3.63) is 72.6 Å². The minimum absolute atomic E-state index is 0.238. The molecule has 2 heterocycles. The molecule has 0 aliphatic carbocycles. The first-order chi connectivity index (χ1) is 19.3. The van der Waals surface area contributed by atoms with Crippen molar-refractivity contribution >= 4 is 14.2 Å². The highest BCUT2D eigenvalue weighted by Gasteiger charge is 2.15. The number of rotatable bonds is 13. The van der Waals surface area contributed by atoms with Gasteiger partial charge in [0.05, 0.1) is 0 Å².